The van der Waals surface area contributed by atoms with E-state index < -0.39 is 23.7 Å². The number of carbonyl (C=O) groups excluding carboxylic acids is 2. The number of halogens is 1. The predicted molar refractivity (Wildman–Crippen MR) is 122 cm³/mol. The third kappa shape index (κ3) is 5.19. The zero-order chi connectivity index (χ0) is 23.3. The normalized spacial score (nSPS) is 17.6. The minimum atomic E-state index is -0.863. The van der Waals surface area contributed by atoms with E-state index in [0.717, 1.165) is 4.47 Å². The topological polar surface area (TPSA) is 104 Å². The van der Waals surface area contributed by atoms with Crippen molar-refractivity contribution in [2.45, 2.75) is 31.7 Å². The molecule has 8 heteroatoms. The number of aliphatic hydroxyl groups is 1. The lowest BCUT2D eigenvalue weighted by molar-refractivity contribution is -0.140. The second-order valence-corrected chi connectivity index (χ2v) is 8.39. The number of carboxylic acids is 1. The summed E-state index contributed by atoms with van der Waals surface area (Å²) >= 11 is 3.35. The number of hydrogen-bond acceptors (Lipinski definition) is 5. The van der Waals surface area contributed by atoms with Crippen LogP contribution in [-0.2, 0) is 14.4 Å². The van der Waals surface area contributed by atoms with Crippen LogP contribution in [0.2, 0.25) is 0 Å². The summed E-state index contributed by atoms with van der Waals surface area (Å²) in [6.07, 6.45) is 1.71. The van der Waals surface area contributed by atoms with Crippen molar-refractivity contribution in [2.24, 2.45) is 0 Å². The van der Waals surface area contributed by atoms with Crippen LogP contribution >= 0.6 is 15.9 Å². The van der Waals surface area contributed by atoms with E-state index in [-0.39, 0.29) is 24.3 Å². The number of unbranched alkanes of at least 4 members (excludes halogenated alkanes) is 2. The molecule has 168 valence electrons. The number of hydrogen-bond donors (Lipinski definition) is 2. The highest BCUT2D eigenvalue weighted by Crippen LogP contribution is 2.40. The zero-order valence-electron chi connectivity index (χ0n) is 17.6. The molecule has 1 aliphatic rings. The van der Waals surface area contributed by atoms with Crippen molar-refractivity contribution in [2.75, 3.05) is 13.7 Å². The van der Waals surface area contributed by atoms with Crippen LogP contribution in [0.3, 0.4) is 0 Å². The first kappa shape index (κ1) is 23.5. The highest BCUT2D eigenvalue weighted by atomic mass is 79.9. The summed E-state index contributed by atoms with van der Waals surface area (Å²) in [6, 6.07) is 13.1. The van der Waals surface area contributed by atoms with E-state index in [1.54, 1.807) is 55.6 Å². The molecule has 0 aliphatic carbocycles. The largest absolute Gasteiger partial charge is 0.507 e. The third-order valence-corrected chi connectivity index (χ3v) is 5.91. The Morgan fingerprint density at radius 1 is 1.00 bits per heavy atom. The molecule has 1 aliphatic heterocycles. The van der Waals surface area contributed by atoms with E-state index in [0.29, 0.717) is 36.1 Å². The van der Waals surface area contributed by atoms with E-state index >= 15 is 0 Å². The van der Waals surface area contributed by atoms with Crippen molar-refractivity contribution >= 4 is 39.3 Å². The molecule has 3 rings (SSSR count). The van der Waals surface area contributed by atoms with Gasteiger partial charge in [-0.25, -0.2) is 0 Å². The summed E-state index contributed by atoms with van der Waals surface area (Å²) in [6.45, 7) is 0.276. The average Bonchev–Trinajstić information content (AvgIpc) is 3.03. The second kappa shape index (κ2) is 10.5. The Bertz CT molecular complexity index is 1030. The Balaban J connectivity index is 1.97. The SMILES string of the molecule is COc1ccc([C@H]2C(=C(O)c3ccc(Br)cc3)C(=O)C(=O)N2CCCCCC(=O)O)cc1. The Morgan fingerprint density at radius 3 is 2.25 bits per heavy atom. The van der Waals surface area contributed by atoms with Gasteiger partial charge in [0.05, 0.1) is 18.7 Å². The van der Waals surface area contributed by atoms with Gasteiger partial charge in [0.15, 0.2) is 0 Å². The van der Waals surface area contributed by atoms with E-state index in [9.17, 15) is 19.5 Å². The fraction of sp³-hybridized carbons (Fsp3) is 0.292. The Hall–Kier alpha value is -3.13. The van der Waals surface area contributed by atoms with Gasteiger partial charge in [-0.15, -0.1) is 0 Å². The summed E-state index contributed by atoms with van der Waals surface area (Å²) in [5, 5.41) is 19.8. The molecule has 2 N–H and O–H groups in total. The highest BCUT2D eigenvalue weighted by molar-refractivity contribution is 9.10. The molecule has 32 heavy (non-hydrogen) atoms. The molecule has 1 amide bonds. The molecule has 0 aromatic heterocycles. The minimum Gasteiger partial charge on any atom is -0.507 e. The quantitative estimate of drug-likeness (QED) is 0.226. The third-order valence-electron chi connectivity index (χ3n) is 5.38. The molecule has 1 atom stereocenters. The number of benzene rings is 2. The monoisotopic (exact) mass is 501 g/mol. The van der Waals surface area contributed by atoms with Crippen LogP contribution in [0, 0.1) is 0 Å². The first-order valence-corrected chi connectivity index (χ1v) is 11.0. The fourth-order valence-corrected chi connectivity index (χ4v) is 4.01. The van der Waals surface area contributed by atoms with Crippen LogP contribution in [0.1, 0.15) is 42.9 Å². The average molecular weight is 502 g/mol. The Labute approximate surface area is 194 Å². The molecule has 0 saturated carbocycles. The number of amides is 1. The molecule has 0 bridgehead atoms. The van der Waals surface area contributed by atoms with Crippen LogP contribution in [0.25, 0.3) is 5.76 Å². The van der Waals surface area contributed by atoms with Gasteiger partial charge in [-0.1, -0.05) is 46.6 Å². The number of aliphatic carboxylic acids is 1. The number of Topliss-reactive ketones (excluding diaryl/α,β-unsaturated/α-hetero) is 1. The van der Waals surface area contributed by atoms with Crippen LogP contribution in [-0.4, -0.2) is 46.4 Å². The number of ketones is 1. The van der Waals surface area contributed by atoms with Crippen molar-refractivity contribution in [3.8, 4) is 5.75 Å². The first-order chi connectivity index (χ1) is 15.3. The van der Waals surface area contributed by atoms with Crippen molar-refractivity contribution in [1.82, 2.24) is 4.90 Å². The van der Waals surface area contributed by atoms with E-state index in [4.69, 9.17) is 9.84 Å². The summed E-state index contributed by atoms with van der Waals surface area (Å²) in [4.78, 5) is 38.0. The number of carbonyl (C=O) groups is 3. The number of aliphatic hydroxyl groups excluding tert-OH is 1. The number of nitrogens with zero attached hydrogens (tertiary/aromatic N) is 1. The number of ether oxygens (including phenoxy) is 1. The van der Waals surface area contributed by atoms with Gasteiger partial charge in [0.1, 0.15) is 11.5 Å². The summed E-state index contributed by atoms with van der Waals surface area (Å²) in [5.74, 6) is -1.88. The maximum absolute atomic E-state index is 13.0. The molecular weight excluding hydrogens is 478 g/mol. The Morgan fingerprint density at radius 2 is 1.66 bits per heavy atom. The molecule has 1 saturated heterocycles. The van der Waals surface area contributed by atoms with E-state index in [2.05, 4.69) is 15.9 Å². The Kier molecular flexibility index (Phi) is 7.69. The molecule has 1 fully saturated rings. The minimum absolute atomic E-state index is 0.0352. The maximum atomic E-state index is 13.0. The fourth-order valence-electron chi connectivity index (χ4n) is 3.74. The van der Waals surface area contributed by atoms with Gasteiger partial charge in [-0.05, 0) is 42.7 Å². The lowest BCUT2D eigenvalue weighted by Gasteiger charge is -2.25. The first-order valence-electron chi connectivity index (χ1n) is 10.2. The number of methoxy groups -OCH3 is 1. The molecule has 0 unspecified atom stereocenters. The summed E-state index contributed by atoms with van der Waals surface area (Å²) < 4.78 is 6.03. The summed E-state index contributed by atoms with van der Waals surface area (Å²) in [7, 11) is 1.55. The van der Waals surface area contributed by atoms with Crippen molar-refractivity contribution in [3.63, 3.8) is 0 Å². The number of rotatable bonds is 9. The predicted octanol–water partition coefficient (Wildman–Crippen LogP) is 4.52. The van der Waals surface area contributed by atoms with Crippen LogP contribution in [0.5, 0.6) is 5.75 Å². The van der Waals surface area contributed by atoms with Gasteiger partial charge in [-0.3, -0.25) is 14.4 Å². The van der Waals surface area contributed by atoms with Crippen molar-refractivity contribution < 1.29 is 29.3 Å². The maximum Gasteiger partial charge on any atom is 0.303 e. The van der Waals surface area contributed by atoms with Crippen LogP contribution < -0.4 is 4.74 Å². The molecule has 0 spiro atoms. The molecule has 7 nitrogen and oxygen atoms in total. The molecular formula is C24H24BrNO6. The standard InChI is InChI=1S/C24H24BrNO6/c1-32-18-12-8-15(9-13-18)21-20(22(29)16-6-10-17(25)11-7-16)23(30)24(31)26(21)14-4-2-3-5-19(27)28/h6-13,21,29H,2-5,14H2,1H3,(H,27,28)/t21-/m0/s1. The van der Waals surface area contributed by atoms with Gasteiger partial charge >= 0.3 is 5.97 Å². The summed E-state index contributed by atoms with van der Waals surface area (Å²) in [5.41, 5.74) is 1.15. The molecule has 1 heterocycles. The van der Waals surface area contributed by atoms with Gasteiger partial charge < -0.3 is 19.8 Å². The molecule has 0 radical (unpaired) electrons. The van der Waals surface area contributed by atoms with Gasteiger partial charge in [0.2, 0.25) is 0 Å². The van der Waals surface area contributed by atoms with Gasteiger partial charge in [-0.2, -0.15) is 0 Å². The van der Waals surface area contributed by atoms with Gasteiger partial charge in [0, 0.05) is 23.0 Å². The smallest absolute Gasteiger partial charge is 0.303 e. The van der Waals surface area contributed by atoms with Crippen molar-refractivity contribution in [3.05, 3.63) is 69.7 Å². The van der Waals surface area contributed by atoms with Crippen LogP contribution in [0.4, 0.5) is 0 Å². The van der Waals surface area contributed by atoms with E-state index in [1.165, 1.54) is 4.90 Å². The van der Waals surface area contributed by atoms with E-state index in [1.807, 2.05) is 0 Å². The highest BCUT2D eigenvalue weighted by Gasteiger charge is 2.45. The van der Waals surface area contributed by atoms with Crippen LogP contribution in [0.15, 0.2) is 58.6 Å². The van der Waals surface area contributed by atoms with Gasteiger partial charge in [0.25, 0.3) is 11.7 Å². The number of carboxylic acid groups (broad SMARTS) is 1. The zero-order valence-corrected chi connectivity index (χ0v) is 19.2. The lowest BCUT2D eigenvalue weighted by Crippen LogP contribution is -2.30. The van der Waals surface area contributed by atoms with Crippen molar-refractivity contribution in [1.29, 1.82) is 0 Å². The molecule has 2 aromatic rings. The molecule has 2 aromatic carbocycles. The lowest BCUT2D eigenvalue weighted by atomic mass is 9.95. The second-order valence-electron chi connectivity index (χ2n) is 7.48. The number of likely N-dealkylation sites (tertiary alicyclic amines) is 1.